The fourth-order valence-electron chi connectivity index (χ4n) is 2.44. The maximum atomic E-state index is 6.09. The monoisotopic (exact) mass is 257 g/mol. The number of nitrogens with two attached hydrogens (primary N) is 2. The van der Waals surface area contributed by atoms with Crippen LogP contribution in [0.2, 0.25) is 0 Å². The lowest BCUT2D eigenvalue weighted by atomic mass is 10.0. The minimum atomic E-state index is 0.638. The number of nitrogens with zero attached hydrogens (tertiary/aromatic N) is 1. The van der Waals surface area contributed by atoms with Gasteiger partial charge in [-0.05, 0) is 43.0 Å². The third kappa shape index (κ3) is 3.24. The molecule has 1 aromatic heterocycles. The zero-order valence-corrected chi connectivity index (χ0v) is 11.7. The SMILES string of the molecule is CCCCCc1cc2cccc(CCN)c2nc1N. The molecule has 0 aliphatic rings. The van der Waals surface area contributed by atoms with Crippen LogP contribution in [0.5, 0.6) is 0 Å². The van der Waals surface area contributed by atoms with Gasteiger partial charge in [0.15, 0.2) is 0 Å². The molecule has 19 heavy (non-hydrogen) atoms. The molecule has 0 unspecified atom stereocenters. The van der Waals surface area contributed by atoms with Crippen molar-refractivity contribution in [2.24, 2.45) is 5.73 Å². The third-order valence-electron chi connectivity index (χ3n) is 3.51. The van der Waals surface area contributed by atoms with Gasteiger partial charge in [-0.2, -0.15) is 0 Å². The Kier molecular flexibility index (Phi) is 4.74. The summed E-state index contributed by atoms with van der Waals surface area (Å²) in [7, 11) is 0. The van der Waals surface area contributed by atoms with Crippen LogP contribution in [0.3, 0.4) is 0 Å². The molecule has 2 aromatic rings. The summed E-state index contributed by atoms with van der Waals surface area (Å²) >= 11 is 0. The summed E-state index contributed by atoms with van der Waals surface area (Å²) in [4.78, 5) is 4.60. The quantitative estimate of drug-likeness (QED) is 0.782. The lowest BCUT2D eigenvalue weighted by Crippen LogP contribution is -2.05. The first-order chi connectivity index (χ1) is 9.26. The van der Waals surface area contributed by atoms with Crippen molar-refractivity contribution in [3.63, 3.8) is 0 Å². The van der Waals surface area contributed by atoms with Crippen molar-refractivity contribution in [1.29, 1.82) is 0 Å². The van der Waals surface area contributed by atoms with Gasteiger partial charge in [0.25, 0.3) is 0 Å². The van der Waals surface area contributed by atoms with Crippen molar-refractivity contribution >= 4 is 16.7 Å². The van der Waals surface area contributed by atoms with Crippen LogP contribution in [0, 0.1) is 0 Å². The van der Waals surface area contributed by atoms with E-state index in [2.05, 4.69) is 36.2 Å². The Bertz CT molecular complexity index is 549. The van der Waals surface area contributed by atoms with Gasteiger partial charge in [-0.15, -0.1) is 0 Å². The largest absolute Gasteiger partial charge is 0.383 e. The maximum Gasteiger partial charge on any atom is 0.127 e. The Hall–Kier alpha value is -1.61. The molecule has 0 radical (unpaired) electrons. The molecule has 1 aromatic carbocycles. The summed E-state index contributed by atoms with van der Waals surface area (Å²) in [5.74, 6) is 0.674. The molecule has 0 bridgehead atoms. The molecule has 4 N–H and O–H groups in total. The zero-order valence-electron chi connectivity index (χ0n) is 11.7. The van der Waals surface area contributed by atoms with Crippen LogP contribution in [0.4, 0.5) is 5.82 Å². The Balaban J connectivity index is 2.34. The normalized spacial score (nSPS) is 11.1. The van der Waals surface area contributed by atoms with E-state index in [0.717, 1.165) is 18.4 Å². The molecular formula is C16H23N3. The highest BCUT2D eigenvalue weighted by Gasteiger charge is 2.07. The summed E-state index contributed by atoms with van der Waals surface area (Å²) < 4.78 is 0. The molecule has 0 atom stereocenters. The number of pyridine rings is 1. The van der Waals surface area contributed by atoms with Crippen LogP contribution in [-0.2, 0) is 12.8 Å². The summed E-state index contributed by atoms with van der Waals surface area (Å²) in [6, 6.07) is 8.44. The molecule has 3 nitrogen and oxygen atoms in total. The van der Waals surface area contributed by atoms with E-state index in [1.165, 1.54) is 35.8 Å². The van der Waals surface area contributed by atoms with Gasteiger partial charge in [0, 0.05) is 5.39 Å². The third-order valence-corrected chi connectivity index (χ3v) is 3.51. The van der Waals surface area contributed by atoms with Gasteiger partial charge in [0.2, 0.25) is 0 Å². The smallest absolute Gasteiger partial charge is 0.127 e. The fraction of sp³-hybridized carbons (Fsp3) is 0.438. The van der Waals surface area contributed by atoms with Gasteiger partial charge in [-0.3, -0.25) is 0 Å². The highest BCUT2D eigenvalue weighted by molar-refractivity contribution is 5.84. The van der Waals surface area contributed by atoms with E-state index >= 15 is 0 Å². The first-order valence-electron chi connectivity index (χ1n) is 7.13. The van der Waals surface area contributed by atoms with E-state index in [4.69, 9.17) is 11.5 Å². The van der Waals surface area contributed by atoms with Crippen LogP contribution in [-0.4, -0.2) is 11.5 Å². The molecule has 3 heteroatoms. The van der Waals surface area contributed by atoms with E-state index in [0.29, 0.717) is 12.4 Å². The lowest BCUT2D eigenvalue weighted by molar-refractivity contribution is 0.717. The first-order valence-corrected chi connectivity index (χ1v) is 7.13. The number of anilines is 1. The molecule has 0 saturated heterocycles. The molecular weight excluding hydrogens is 234 g/mol. The number of rotatable bonds is 6. The average Bonchev–Trinajstić information content (AvgIpc) is 2.41. The zero-order chi connectivity index (χ0) is 13.7. The lowest BCUT2D eigenvalue weighted by Gasteiger charge is -2.10. The summed E-state index contributed by atoms with van der Waals surface area (Å²) in [6.45, 7) is 2.85. The molecule has 0 aliphatic heterocycles. The minimum Gasteiger partial charge on any atom is -0.383 e. The summed E-state index contributed by atoms with van der Waals surface area (Å²) in [5, 5.41) is 1.17. The maximum absolute atomic E-state index is 6.09. The molecule has 102 valence electrons. The van der Waals surface area contributed by atoms with Gasteiger partial charge in [0.05, 0.1) is 5.52 Å². The van der Waals surface area contributed by atoms with Crippen LogP contribution in [0.1, 0.15) is 37.3 Å². The highest BCUT2D eigenvalue weighted by atomic mass is 14.8. The Labute approximate surface area is 115 Å². The Morgan fingerprint density at radius 2 is 1.95 bits per heavy atom. The van der Waals surface area contributed by atoms with Crippen molar-refractivity contribution in [3.8, 4) is 0 Å². The number of aryl methyl sites for hydroxylation is 1. The average molecular weight is 257 g/mol. The number of fused-ring (bicyclic) bond motifs is 1. The van der Waals surface area contributed by atoms with Crippen molar-refractivity contribution in [3.05, 3.63) is 35.4 Å². The fourth-order valence-corrected chi connectivity index (χ4v) is 2.44. The van der Waals surface area contributed by atoms with E-state index in [1.807, 2.05) is 0 Å². The Morgan fingerprint density at radius 3 is 2.68 bits per heavy atom. The van der Waals surface area contributed by atoms with Gasteiger partial charge in [0.1, 0.15) is 5.82 Å². The number of hydrogen-bond donors (Lipinski definition) is 2. The van der Waals surface area contributed by atoms with E-state index < -0.39 is 0 Å². The van der Waals surface area contributed by atoms with Gasteiger partial charge in [-0.25, -0.2) is 4.98 Å². The second-order valence-corrected chi connectivity index (χ2v) is 5.02. The molecule has 0 spiro atoms. The van der Waals surface area contributed by atoms with Crippen molar-refractivity contribution in [2.75, 3.05) is 12.3 Å². The second kappa shape index (κ2) is 6.53. The van der Waals surface area contributed by atoms with Crippen molar-refractivity contribution in [2.45, 2.75) is 39.0 Å². The van der Waals surface area contributed by atoms with Gasteiger partial charge in [-0.1, -0.05) is 38.0 Å². The molecule has 2 rings (SSSR count). The van der Waals surface area contributed by atoms with E-state index in [1.54, 1.807) is 0 Å². The molecule has 0 aliphatic carbocycles. The first kappa shape index (κ1) is 13.8. The molecule has 0 amide bonds. The molecule has 0 saturated carbocycles. The predicted molar refractivity (Wildman–Crippen MR) is 82.1 cm³/mol. The number of unbranched alkanes of at least 4 members (excludes halogenated alkanes) is 2. The van der Waals surface area contributed by atoms with Gasteiger partial charge < -0.3 is 11.5 Å². The van der Waals surface area contributed by atoms with Crippen molar-refractivity contribution in [1.82, 2.24) is 4.98 Å². The number of para-hydroxylation sites is 1. The standard InChI is InChI=1S/C16H23N3/c1-2-3-4-6-14-11-13-8-5-7-12(9-10-17)15(13)19-16(14)18/h5,7-8,11H,2-4,6,9-10,17H2,1H3,(H2,18,19). The summed E-state index contributed by atoms with van der Waals surface area (Å²) in [6.07, 6.45) is 5.51. The number of hydrogen-bond acceptors (Lipinski definition) is 3. The van der Waals surface area contributed by atoms with Crippen LogP contribution in [0.25, 0.3) is 10.9 Å². The number of aromatic nitrogens is 1. The van der Waals surface area contributed by atoms with E-state index in [-0.39, 0.29) is 0 Å². The minimum absolute atomic E-state index is 0.638. The molecule has 0 fully saturated rings. The Morgan fingerprint density at radius 1 is 1.11 bits per heavy atom. The van der Waals surface area contributed by atoms with Crippen molar-refractivity contribution < 1.29 is 0 Å². The predicted octanol–water partition coefficient (Wildman–Crippen LogP) is 3.05. The molecule has 1 heterocycles. The van der Waals surface area contributed by atoms with Crippen LogP contribution >= 0.6 is 0 Å². The number of benzene rings is 1. The number of nitrogen functional groups attached to an aromatic ring is 1. The van der Waals surface area contributed by atoms with Crippen LogP contribution < -0.4 is 11.5 Å². The highest BCUT2D eigenvalue weighted by Crippen LogP contribution is 2.23. The summed E-state index contributed by atoms with van der Waals surface area (Å²) in [5.41, 5.74) is 15.1. The van der Waals surface area contributed by atoms with Gasteiger partial charge >= 0.3 is 0 Å². The second-order valence-electron chi connectivity index (χ2n) is 5.02. The van der Waals surface area contributed by atoms with E-state index in [9.17, 15) is 0 Å². The topological polar surface area (TPSA) is 64.9 Å². The van der Waals surface area contributed by atoms with Crippen LogP contribution in [0.15, 0.2) is 24.3 Å².